The highest BCUT2D eigenvalue weighted by atomic mass is 15.5. The number of allylic oxidation sites excluding steroid dienone is 1. The molecular formula is C25H26N4. The van der Waals surface area contributed by atoms with Gasteiger partial charge in [-0.25, -0.2) is 9.97 Å². The summed E-state index contributed by atoms with van der Waals surface area (Å²) in [6, 6.07) is 17.2. The molecule has 0 saturated heterocycles. The van der Waals surface area contributed by atoms with E-state index in [9.17, 15) is 0 Å². The highest BCUT2D eigenvalue weighted by Gasteiger charge is 2.59. The smallest absolute Gasteiger partial charge is 0.162 e. The van der Waals surface area contributed by atoms with Gasteiger partial charge >= 0.3 is 0 Å². The zero-order chi connectivity index (χ0) is 20.4. The van der Waals surface area contributed by atoms with E-state index in [0.717, 1.165) is 11.5 Å². The summed E-state index contributed by atoms with van der Waals surface area (Å²) in [6.07, 6.45) is 5.76. The highest BCUT2D eigenvalue weighted by Crippen LogP contribution is 2.62. The number of rotatable bonds is 2. The van der Waals surface area contributed by atoms with Crippen molar-refractivity contribution in [1.82, 2.24) is 9.97 Å². The van der Waals surface area contributed by atoms with Crippen molar-refractivity contribution in [3.05, 3.63) is 84.8 Å². The predicted octanol–water partition coefficient (Wildman–Crippen LogP) is 5.88. The molecule has 4 nitrogen and oxygen atoms in total. The summed E-state index contributed by atoms with van der Waals surface area (Å²) < 4.78 is 0. The van der Waals surface area contributed by atoms with Gasteiger partial charge in [0.1, 0.15) is 18.2 Å². The molecule has 3 heterocycles. The van der Waals surface area contributed by atoms with Crippen molar-refractivity contribution in [3.63, 3.8) is 0 Å². The second-order valence-electron chi connectivity index (χ2n) is 8.78. The lowest BCUT2D eigenvalue weighted by atomic mass is 9.58. The summed E-state index contributed by atoms with van der Waals surface area (Å²) in [6.45, 7) is 13.4. The number of para-hydroxylation sites is 2. The molecule has 2 aliphatic heterocycles. The molecule has 0 fully saturated rings. The van der Waals surface area contributed by atoms with Crippen LogP contribution in [0, 0.1) is 12.3 Å². The molecule has 2 unspecified atom stereocenters. The molecule has 29 heavy (non-hydrogen) atoms. The Morgan fingerprint density at radius 1 is 0.931 bits per heavy atom. The molecule has 0 amide bonds. The van der Waals surface area contributed by atoms with Crippen LogP contribution < -0.4 is 9.80 Å². The van der Waals surface area contributed by atoms with Crippen LogP contribution in [0.3, 0.4) is 0 Å². The number of aromatic nitrogens is 2. The lowest BCUT2D eigenvalue weighted by Crippen LogP contribution is -2.60. The molecule has 4 heteroatoms. The third-order valence-electron chi connectivity index (χ3n) is 7.14. The predicted molar refractivity (Wildman–Crippen MR) is 119 cm³/mol. The van der Waals surface area contributed by atoms with Crippen LogP contribution in [0.2, 0.25) is 0 Å². The zero-order valence-electron chi connectivity index (χ0n) is 17.4. The van der Waals surface area contributed by atoms with Crippen molar-refractivity contribution in [2.24, 2.45) is 5.41 Å². The molecule has 0 bridgehead atoms. The Hall–Kier alpha value is -3.14. The van der Waals surface area contributed by atoms with Gasteiger partial charge in [-0.3, -0.25) is 0 Å². The monoisotopic (exact) mass is 382 g/mol. The molecule has 0 spiro atoms. The number of nitrogens with zero attached hydrogens (tertiary/aromatic N) is 4. The summed E-state index contributed by atoms with van der Waals surface area (Å²) in [5.74, 6) is 0.958. The van der Waals surface area contributed by atoms with Gasteiger partial charge in [0.05, 0.1) is 6.20 Å². The number of hydrogen-bond donors (Lipinski definition) is 0. The number of fused-ring (bicyclic) bond motifs is 5. The summed E-state index contributed by atoms with van der Waals surface area (Å²) in [5, 5.41) is 0. The standard InChI is InChI=1S/C25H26N4/c1-6-25(5)18-12-8-10-14-20(18)29-22-21(15-26-16-27-22)28(23(29)24(25,3)4)19-13-9-7-11-17(19)2/h6-16,23H,1H2,2-5H3. The maximum absolute atomic E-state index is 4.73. The fourth-order valence-electron chi connectivity index (χ4n) is 5.13. The van der Waals surface area contributed by atoms with E-state index in [1.807, 2.05) is 6.20 Å². The first-order valence-electron chi connectivity index (χ1n) is 10.1. The fourth-order valence-corrected chi connectivity index (χ4v) is 5.13. The molecule has 2 aromatic carbocycles. The molecule has 1 aromatic heterocycles. The molecule has 146 valence electrons. The van der Waals surface area contributed by atoms with E-state index < -0.39 is 0 Å². The molecule has 2 aliphatic rings. The quantitative estimate of drug-likeness (QED) is 0.518. The Balaban J connectivity index is 1.87. The SMILES string of the molecule is C=CC1(C)c2ccccc2N2c3ncncc3N(c3ccccc3C)C2C1(C)C. The van der Waals surface area contributed by atoms with E-state index in [4.69, 9.17) is 4.98 Å². The molecule has 3 aromatic rings. The lowest BCUT2D eigenvalue weighted by Gasteiger charge is -2.56. The number of benzene rings is 2. The highest BCUT2D eigenvalue weighted by molar-refractivity contribution is 5.89. The molecule has 0 N–H and O–H groups in total. The molecule has 0 radical (unpaired) electrons. The van der Waals surface area contributed by atoms with E-state index in [-0.39, 0.29) is 17.0 Å². The summed E-state index contributed by atoms with van der Waals surface area (Å²) >= 11 is 0. The van der Waals surface area contributed by atoms with Crippen LogP contribution in [0.5, 0.6) is 0 Å². The van der Waals surface area contributed by atoms with Gasteiger partial charge in [0.2, 0.25) is 0 Å². The van der Waals surface area contributed by atoms with Crippen LogP contribution in [-0.4, -0.2) is 16.1 Å². The lowest BCUT2D eigenvalue weighted by molar-refractivity contribution is 0.171. The van der Waals surface area contributed by atoms with Gasteiger partial charge in [-0.2, -0.15) is 0 Å². The Morgan fingerprint density at radius 2 is 1.62 bits per heavy atom. The second kappa shape index (κ2) is 5.93. The van der Waals surface area contributed by atoms with Gasteiger partial charge in [0, 0.05) is 22.2 Å². The number of anilines is 4. The summed E-state index contributed by atoms with van der Waals surface area (Å²) in [5.41, 5.74) is 5.58. The van der Waals surface area contributed by atoms with Gasteiger partial charge in [0.15, 0.2) is 5.82 Å². The van der Waals surface area contributed by atoms with Gasteiger partial charge in [-0.1, -0.05) is 63.2 Å². The minimum Gasteiger partial charge on any atom is -0.315 e. The van der Waals surface area contributed by atoms with Crippen LogP contribution in [0.25, 0.3) is 0 Å². The topological polar surface area (TPSA) is 32.3 Å². The molecule has 0 aliphatic carbocycles. The van der Waals surface area contributed by atoms with E-state index >= 15 is 0 Å². The third kappa shape index (κ3) is 2.14. The normalized spacial score (nSPS) is 23.9. The first kappa shape index (κ1) is 17.9. The molecular weight excluding hydrogens is 356 g/mol. The van der Waals surface area contributed by atoms with Gasteiger partial charge in [-0.15, -0.1) is 6.58 Å². The minimum absolute atomic E-state index is 0.0493. The Bertz CT molecular complexity index is 1120. The van der Waals surface area contributed by atoms with Crippen molar-refractivity contribution in [1.29, 1.82) is 0 Å². The molecule has 2 atom stereocenters. The fraction of sp³-hybridized carbons (Fsp3) is 0.280. The Morgan fingerprint density at radius 3 is 2.34 bits per heavy atom. The minimum atomic E-state index is -0.207. The van der Waals surface area contributed by atoms with E-state index in [2.05, 4.69) is 104 Å². The summed E-state index contributed by atoms with van der Waals surface area (Å²) in [7, 11) is 0. The van der Waals surface area contributed by atoms with Crippen LogP contribution in [0.15, 0.2) is 73.7 Å². The van der Waals surface area contributed by atoms with Crippen LogP contribution in [0.1, 0.15) is 31.9 Å². The van der Waals surface area contributed by atoms with Gasteiger partial charge in [0.25, 0.3) is 0 Å². The average Bonchev–Trinajstić information content (AvgIpc) is 3.09. The molecule has 0 saturated carbocycles. The Kier molecular flexibility index (Phi) is 3.66. The van der Waals surface area contributed by atoms with E-state index in [1.165, 1.54) is 22.5 Å². The van der Waals surface area contributed by atoms with Crippen molar-refractivity contribution in [2.45, 2.75) is 39.3 Å². The second-order valence-corrected chi connectivity index (χ2v) is 8.78. The third-order valence-corrected chi connectivity index (χ3v) is 7.14. The van der Waals surface area contributed by atoms with Crippen molar-refractivity contribution >= 4 is 22.9 Å². The van der Waals surface area contributed by atoms with Gasteiger partial charge in [-0.05, 0) is 30.2 Å². The maximum atomic E-state index is 4.73. The number of aryl methyl sites for hydroxylation is 1. The Labute approximate surface area is 172 Å². The molecule has 5 rings (SSSR count). The first-order chi connectivity index (χ1) is 13.9. The summed E-state index contributed by atoms with van der Waals surface area (Å²) in [4.78, 5) is 13.9. The van der Waals surface area contributed by atoms with Gasteiger partial charge < -0.3 is 9.80 Å². The van der Waals surface area contributed by atoms with Crippen molar-refractivity contribution in [2.75, 3.05) is 9.80 Å². The van der Waals surface area contributed by atoms with Crippen LogP contribution in [0.4, 0.5) is 22.9 Å². The van der Waals surface area contributed by atoms with Crippen molar-refractivity contribution < 1.29 is 0 Å². The van der Waals surface area contributed by atoms with Crippen LogP contribution in [-0.2, 0) is 5.41 Å². The zero-order valence-corrected chi connectivity index (χ0v) is 17.4. The van der Waals surface area contributed by atoms with Crippen molar-refractivity contribution in [3.8, 4) is 0 Å². The van der Waals surface area contributed by atoms with E-state index in [0.29, 0.717) is 0 Å². The largest absolute Gasteiger partial charge is 0.315 e. The van der Waals surface area contributed by atoms with Crippen LogP contribution >= 0.6 is 0 Å². The average molecular weight is 383 g/mol. The maximum Gasteiger partial charge on any atom is 0.162 e. The van der Waals surface area contributed by atoms with E-state index in [1.54, 1.807) is 6.33 Å². The first-order valence-corrected chi connectivity index (χ1v) is 10.1. The number of hydrogen-bond acceptors (Lipinski definition) is 4.